The van der Waals surface area contributed by atoms with Crippen molar-refractivity contribution in [3.8, 4) is 0 Å². The first-order chi connectivity index (χ1) is 17.0. The van der Waals surface area contributed by atoms with Crippen molar-refractivity contribution in [3.63, 3.8) is 0 Å². The summed E-state index contributed by atoms with van der Waals surface area (Å²) in [5.41, 5.74) is 14.0. The fourth-order valence-corrected chi connectivity index (χ4v) is 5.94. The number of nitrogens with one attached hydrogen (secondary N) is 1. The van der Waals surface area contributed by atoms with E-state index in [0.717, 1.165) is 22.9 Å². The van der Waals surface area contributed by atoms with Gasteiger partial charge in [-0.05, 0) is 44.4 Å². The van der Waals surface area contributed by atoms with Crippen LogP contribution in [0.2, 0.25) is 5.02 Å². The van der Waals surface area contributed by atoms with Crippen LogP contribution in [0.5, 0.6) is 0 Å². The van der Waals surface area contributed by atoms with Gasteiger partial charge in [-0.15, -0.1) is 4.72 Å². The van der Waals surface area contributed by atoms with Gasteiger partial charge >= 0.3 is 0 Å². The highest BCUT2D eigenvalue weighted by Crippen LogP contribution is 2.37. The monoisotopic (exact) mass is 547 g/mol. The SMILES string of the molecule is Cn1c(N2CCC(N[S@+]([O-])C(C)(C)C)c3ccccc3C2)nc(N)c(Sc2ccnc(N)c2Cl)c1=O. The minimum Gasteiger partial charge on any atom is -0.598 e. The molecule has 3 aromatic rings. The molecule has 0 radical (unpaired) electrons. The van der Waals surface area contributed by atoms with Gasteiger partial charge in [0, 0.05) is 42.6 Å². The summed E-state index contributed by atoms with van der Waals surface area (Å²) in [6, 6.07) is 9.64. The molecule has 4 rings (SSSR count). The Labute approximate surface area is 223 Å². The molecule has 0 aliphatic carbocycles. The lowest BCUT2D eigenvalue weighted by Crippen LogP contribution is -2.41. The molecule has 2 aromatic heterocycles. The van der Waals surface area contributed by atoms with E-state index in [1.165, 1.54) is 10.8 Å². The molecule has 1 aromatic carbocycles. The number of nitrogens with zero attached hydrogens (tertiary/aromatic N) is 4. The van der Waals surface area contributed by atoms with Crippen LogP contribution in [0.1, 0.15) is 44.4 Å². The number of pyridine rings is 1. The molecule has 2 atom stereocenters. The average Bonchev–Trinajstić information content (AvgIpc) is 3.00. The summed E-state index contributed by atoms with van der Waals surface area (Å²) in [6.45, 7) is 6.96. The second kappa shape index (κ2) is 10.5. The second-order valence-corrected chi connectivity index (χ2v) is 13.0. The highest BCUT2D eigenvalue weighted by molar-refractivity contribution is 7.99. The summed E-state index contributed by atoms with van der Waals surface area (Å²) < 4.78 is 17.3. The third-order valence-corrected chi connectivity index (χ3v) is 9.18. The first kappa shape index (κ1) is 26.6. The van der Waals surface area contributed by atoms with Crippen molar-refractivity contribution in [2.75, 3.05) is 22.9 Å². The first-order valence-corrected chi connectivity index (χ1v) is 13.8. The summed E-state index contributed by atoms with van der Waals surface area (Å²) in [6.07, 6.45) is 2.20. The number of nitrogen functional groups attached to an aromatic ring is 2. The van der Waals surface area contributed by atoms with Crippen LogP contribution in [0.15, 0.2) is 51.1 Å². The number of nitrogens with two attached hydrogens (primary N) is 2. The normalized spacial score (nSPS) is 16.9. The van der Waals surface area contributed by atoms with Gasteiger partial charge in [0.25, 0.3) is 5.56 Å². The Morgan fingerprint density at radius 1 is 1.22 bits per heavy atom. The van der Waals surface area contributed by atoms with Gasteiger partial charge in [0.05, 0.1) is 11.1 Å². The maximum atomic E-state index is 13.4. The van der Waals surface area contributed by atoms with Crippen molar-refractivity contribution in [1.29, 1.82) is 0 Å². The lowest BCUT2D eigenvalue weighted by molar-refractivity contribution is 0.513. The molecule has 3 heterocycles. The van der Waals surface area contributed by atoms with Crippen LogP contribution in [0.25, 0.3) is 0 Å². The largest absolute Gasteiger partial charge is 0.598 e. The molecule has 1 aliphatic rings. The summed E-state index contributed by atoms with van der Waals surface area (Å²) in [5.74, 6) is 0.764. The predicted octanol–water partition coefficient (Wildman–Crippen LogP) is 3.65. The van der Waals surface area contributed by atoms with Gasteiger partial charge in [-0.1, -0.05) is 47.6 Å². The zero-order chi connectivity index (χ0) is 26.2. The number of hydrogen-bond acceptors (Lipinski definition) is 9. The van der Waals surface area contributed by atoms with Crippen LogP contribution in [-0.2, 0) is 25.0 Å². The molecule has 5 N–H and O–H groups in total. The van der Waals surface area contributed by atoms with Crippen LogP contribution >= 0.6 is 23.4 Å². The molecular weight excluding hydrogens is 518 g/mol. The van der Waals surface area contributed by atoms with E-state index in [4.69, 9.17) is 23.1 Å². The van der Waals surface area contributed by atoms with Gasteiger partial charge < -0.3 is 20.9 Å². The van der Waals surface area contributed by atoms with Crippen molar-refractivity contribution in [3.05, 3.63) is 63.0 Å². The van der Waals surface area contributed by atoms with E-state index in [0.29, 0.717) is 30.4 Å². The standard InChI is InChI=1S/C24H30ClN7O2S2/c1-24(2,3)36(34)30-16-10-12-32(13-14-7-5-6-8-15(14)16)23-29-21(27)19(22(33)31(23)4)35-17-9-11-28-20(26)18(17)25/h5-9,11,16,30H,10,12-13,27H2,1-4H3,(H2,26,28)/t16?,36-/m1/s1. The lowest BCUT2D eigenvalue weighted by Gasteiger charge is -2.28. The van der Waals surface area contributed by atoms with Gasteiger partial charge in [0.2, 0.25) is 5.95 Å². The fraction of sp³-hybridized carbons (Fsp3) is 0.375. The maximum absolute atomic E-state index is 13.4. The van der Waals surface area contributed by atoms with E-state index >= 15 is 0 Å². The second-order valence-electron chi connectivity index (χ2n) is 9.56. The first-order valence-electron chi connectivity index (χ1n) is 11.4. The van der Waals surface area contributed by atoms with Crippen molar-refractivity contribution < 1.29 is 4.55 Å². The molecule has 192 valence electrons. The number of anilines is 3. The van der Waals surface area contributed by atoms with Crippen LogP contribution in [0, 0.1) is 0 Å². The molecule has 0 saturated heterocycles. The topological polar surface area (TPSA) is 138 Å². The summed E-state index contributed by atoms with van der Waals surface area (Å²) >= 11 is 6.16. The van der Waals surface area contributed by atoms with E-state index in [2.05, 4.69) is 20.8 Å². The number of halogens is 1. The van der Waals surface area contributed by atoms with E-state index in [1.807, 2.05) is 43.9 Å². The Hall–Kier alpha value is -2.44. The van der Waals surface area contributed by atoms with Gasteiger partial charge in [-0.2, -0.15) is 4.98 Å². The van der Waals surface area contributed by atoms with Crippen molar-refractivity contribution in [1.82, 2.24) is 19.3 Å². The van der Waals surface area contributed by atoms with E-state index in [1.54, 1.807) is 13.1 Å². The Morgan fingerprint density at radius 3 is 2.67 bits per heavy atom. The van der Waals surface area contributed by atoms with Crippen molar-refractivity contribution in [2.24, 2.45) is 7.05 Å². The Bertz CT molecular complexity index is 1330. The van der Waals surface area contributed by atoms with Crippen LogP contribution in [-0.4, -0.2) is 30.4 Å². The van der Waals surface area contributed by atoms with E-state index < -0.39 is 16.1 Å². The molecule has 0 fully saturated rings. The summed E-state index contributed by atoms with van der Waals surface area (Å²) in [4.78, 5) is 24.8. The predicted molar refractivity (Wildman–Crippen MR) is 148 cm³/mol. The van der Waals surface area contributed by atoms with Crippen LogP contribution < -0.4 is 26.6 Å². The number of rotatable bonds is 5. The highest BCUT2D eigenvalue weighted by atomic mass is 35.5. The van der Waals surface area contributed by atoms with Crippen LogP contribution in [0.4, 0.5) is 17.6 Å². The van der Waals surface area contributed by atoms with Gasteiger partial charge in [-0.3, -0.25) is 9.36 Å². The molecule has 0 bridgehead atoms. The molecule has 12 heteroatoms. The van der Waals surface area contributed by atoms with Crippen molar-refractivity contribution in [2.45, 2.75) is 54.3 Å². The average molecular weight is 548 g/mol. The third kappa shape index (κ3) is 5.45. The summed E-state index contributed by atoms with van der Waals surface area (Å²) in [7, 11) is 1.68. The smallest absolute Gasteiger partial charge is 0.270 e. The van der Waals surface area contributed by atoms with Crippen LogP contribution in [0.3, 0.4) is 0 Å². The molecule has 36 heavy (non-hydrogen) atoms. The molecular formula is C24H30ClN7O2S2. The molecule has 1 unspecified atom stereocenters. The van der Waals surface area contributed by atoms with Crippen molar-refractivity contribution >= 4 is 52.3 Å². The highest BCUT2D eigenvalue weighted by Gasteiger charge is 2.33. The number of hydrogen-bond donors (Lipinski definition) is 3. The Balaban J connectivity index is 1.66. The van der Waals surface area contributed by atoms with E-state index in [9.17, 15) is 9.35 Å². The Kier molecular flexibility index (Phi) is 7.77. The Morgan fingerprint density at radius 2 is 1.94 bits per heavy atom. The number of fused-ring (bicyclic) bond motifs is 1. The maximum Gasteiger partial charge on any atom is 0.270 e. The zero-order valence-corrected chi connectivity index (χ0v) is 23.0. The molecule has 0 saturated carbocycles. The summed E-state index contributed by atoms with van der Waals surface area (Å²) in [5, 5.41) is 0.267. The minimum absolute atomic E-state index is 0.102. The molecule has 0 amide bonds. The molecule has 1 aliphatic heterocycles. The quantitative estimate of drug-likeness (QED) is 0.408. The van der Waals surface area contributed by atoms with E-state index in [-0.39, 0.29) is 33.2 Å². The third-order valence-electron chi connectivity index (χ3n) is 5.91. The fourth-order valence-electron chi connectivity index (χ4n) is 3.94. The lowest BCUT2D eigenvalue weighted by atomic mass is 10.0. The van der Waals surface area contributed by atoms with Gasteiger partial charge in [0.15, 0.2) is 0 Å². The number of aromatic nitrogens is 3. The molecule has 9 nitrogen and oxygen atoms in total. The zero-order valence-electron chi connectivity index (χ0n) is 20.6. The number of benzene rings is 1. The molecule has 0 spiro atoms. The van der Waals surface area contributed by atoms with Gasteiger partial charge in [-0.25, -0.2) is 4.98 Å². The van der Waals surface area contributed by atoms with Gasteiger partial charge in [0.1, 0.15) is 21.3 Å². The minimum atomic E-state index is -1.23.